The molecular weight excluding hydrogens is 172 g/mol. The van der Waals surface area contributed by atoms with Gasteiger partial charge in [-0.1, -0.05) is 48.2 Å². The molecule has 1 aromatic rings. The molecule has 0 unspecified atom stereocenters. The van der Waals surface area contributed by atoms with Gasteiger partial charge in [0.15, 0.2) is 0 Å². The molecule has 72 valence electrons. The second kappa shape index (κ2) is 6.94. The molecule has 0 fully saturated rings. The van der Waals surface area contributed by atoms with Crippen LogP contribution < -0.4 is 0 Å². The Hall–Kier alpha value is -1.52. The Morgan fingerprint density at radius 1 is 1.29 bits per heavy atom. The van der Waals surface area contributed by atoms with Crippen LogP contribution in [0.2, 0.25) is 0 Å². The largest absolute Gasteiger partial charge is 0.364 e. The molecule has 0 aromatic heterocycles. The van der Waals surface area contributed by atoms with Crippen LogP contribution in [0.25, 0.3) is 0 Å². The van der Waals surface area contributed by atoms with Crippen LogP contribution in [0.3, 0.4) is 0 Å². The van der Waals surface area contributed by atoms with Crippen LogP contribution in [0.4, 0.5) is 0 Å². The second-order valence-corrected chi connectivity index (χ2v) is 2.80. The van der Waals surface area contributed by atoms with E-state index in [0.717, 1.165) is 0 Å². The van der Waals surface area contributed by atoms with E-state index < -0.39 is 0 Å². The van der Waals surface area contributed by atoms with Gasteiger partial charge >= 0.3 is 0 Å². The molecule has 0 heterocycles. The molecule has 0 aliphatic carbocycles. The second-order valence-electron chi connectivity index (χ2n) is 2.80. The van der Waals surface area contributed by atoms with Crippen molar-refractivity contribution < 1.29 is 4.74 Å². The van der Waals surface area contributed by atoms with Crippen molar-refractivity contribution in [2.24, 2.45) is 0 Å². The van der Waals surface area contributed by atoms with E-state index in [-0.39, 0.29) is 0 Å². The lowest BCUT2D eigenvalue weighted by Gasteiger charge is -1.98. The zero-order valence-corrected chi connectivity index (χ0v) is 8.36. The van der Waals surface area contributed by atoms with Gasteiger partial charge in [0.1, 0.15) is 6.61 Å². The van der Waals surface area contributed by atoms with Crippen molar-refractivity contribution in [2.45, 2.75) is 13.5 Å². The van der Waals surface area contributed by atoms with E-state index in [1.54, 1.807) is 0 Å². The first kappa shape index (κ1) is 10.6. The number of hydrogen-bond donors (Lipinski definition) is 0. The SMILES string of the molecule is C/C=C\C#CCOCc1ccccc1. The van der Waals surface area contributed by atoms with Crippen LogP contribution in [0, 0.1) is 11.8 Å². The lowest BCUT2D eigenvalue weighted by atomic mass is 10.2. The topological polar surface area (TPSA) is 9.23 Å². The van der Waals surface area contributed by atoms with E-state index in [2.05, 4.69) is 11.8 Å². The highest BCUT2D eigenvalue weighted by Gasteiger charge is 1.88. The molecule has 0 aliphatic rings. The van der Waals surface area contributed by atoms with Crippen molar-refractivity contribution in [1.82, 2.24) is 0 Å². The van der Waals surface area contributed by atoms with E-state index in [0.29, 0.717) is 13.2 Å². The molecule has 0 amide bonds. The maximum absolute atomic E-state index is 5.36. The molecule has 0 bridgehead atoms. The molecule has 0 N–H and O–H groups in total. The lowest BCUT2D eigenvalue weighted by molar-refractivity contribution is 0.153. The van der Waals surface area contributed by atoms with Gasteiger partial charge in [-0.25, -0.2) is 0 Å². The lowest BCUT2D eigenvalue weighted by Crippen LogP contribution is -1.92. The highest BCUT2D eigenvalue weighted by atomic mass is 16.5. The minimum Gasteiger partial charge on any atom is -0.364 e. The quantitative estimate of drug-likeness (QED) is 0.521. The number of ether oxygens (including phenoxy) is 1. The van der Waals surface area contributed by atoms with Gasteiger partial charge < -0.3 is 4.74 Å². The summed E-state index contributed by atoms with van der Waals surface area (Å²) in [7, 11) is 0. The first-order valence-electron chi connectivity index (χ1n) is 4.64. The van der Waals surface area contributed by atoms with Crippen LogP contribution in [-0.2, 0) is 11.3 Å². The Morgan fingerprint density at radius 2 is 2.07 bits per heavy atom. The summed E-state index contributed by atoms with van der Waals surface area (Å²) >= 11 is 0. The van der Waals surface area contributed by atoms with Gasteiger partial charge in [-0.3, -0.25) is 0 Å². The molecule has 1 aromatic carbocycles. The average molecular weight is 186 g/mol. The van der Waals surface area contributed by atoms with Crippen molar-refractivity contribution in [3.8, 4) is 11.8 Å². The van der Waals surface area contributed by atoms with Crippen LogP contribution >= 0.6 is 0 Å². The smallest absolute Gasteiger partial charge is 0.108 e. The summed E-state index contributed by atoms with van der Waals surface area (Å²) in [5.74, 6) is 5.76. The molecule has 0 saturated carbocycles. The summed E-state index contributed by atoms with van der Waals surface area (Å²) in [4.78, 5) is 0. The number of rotatable bonds is 3. The highest BCUT2D eigenvalue weighted by molar-refractivity contribution is 5.15. The Kier molecular flexibility index (Phi) is 5.23. The van der Waals surface area contributed by atoms with Gasteiger partial charge in [-0.15, -0.1) is 0 Å². The molecule has 1 nitrogen and oxygen atoms in total. The summed E-state index contributed by atoms with van der Waals surface area (Å²) < 4.78 is 5.36. The van der Waals surface area contributed by atoms with Crippen molar-refractivity contribution in [3.05, 3.63) is 48.0 Å². The maximum atomic E-state index is 5.36. The van der Waals surface area contributed by atoms with Crippen molar-refractivity contribution >= 4 is 0 Å². The van der Waals surface area contributed by atoms with E-state index in [9.17, 15) is 0 Å². The summed E-state index contributed by atoms with van der Waals surface area (Å²) in [5, 5.41) is 0. The van der Waals surface area contributed by atoms with Crippen LogP contribution in [0.15, 0.2) is 42.5 Å². The van der Waals surface area contributed by atoms with E-state index in [1.807, 2.05) is 49.4 Å². The predicted molar refractivity (Wildman–Crippen MR) is 58.7 cm³/mol. The molecule has 0 radical (unpaired) electrons. The third-order valence-corrected chi connectivity index (χ3v) is 1.64. The minimum atomic E-state index is 0.485. The average Bonchev–Trinajstić information content (AvgIpc) is 2.25. The van der Waals surface area contributed by atoms with Crippen molar-refractivity contribution in [2.75, 3.05) is 6.61 Å². The van der Waals surface area contributed by atoms with E-state index in [1.165, 1.54) is 5.56 Å². The number of allylic oxidation sites excluding steroid dienone is 2. The normalized spacial score (nSPS) is 9.79. The molecule has 0 spiro atoms. The summed E-state index contributed by atoms with van der Waals surface area (Å²) in [6, 6.07) is 10.1. The fourth-order valence-corrected chi connectivity index (χ4v) is 0.978. The van der Waals surface area contributed by atoms with E-state index in [4.69, 9.17) is 4.74 Å². The van der Waals surface area contributed by atoms with Crippen molar-refractivity contribution in [1.29, 1.82) is 0 Å². The zero-order chi connectivity index (χ0) is 10.1. The van der Waals surface area contributed by atoms with Gasteiger partial charge in [0, 0.05) is 0 Å². The van der Waals surface area contributed by atoms with E-state index >= 15 is 0 Å². The molecule has 0 atom stereocenters. The van der Waals surface area contributed by atoms with Gasteiger partial charge in [0.2, 0.25) is 0 Å². The van der Waals surface area contributed by atoms with Gasteiger partial charge in [0.05, 0.1) is 6.61 Å². The van der Waals surface area contributed by atoms with Gasteiger partial charge in [-0.2, -0.15) is 0 Å². The van der Waals surface area contributed by atoms with Crippen LogP contribution in [0.1, 0.15) is 12.5 Å². The van der Waals surface area contributed by atoms with Gasteiger partial charge in [0.25, 0.3) is 0 Å². The molecular formula is C13H14O. The highest BCUT2D eigenvalue weighted by Crippen LogP contribution is 1.99. The third kappa shape index (κ3) is 4.49. The number of hydrogen-bond acceptors (Lipinski definition) is 1. The van der Waals surface area contributed by atoms with Crippen LogP contribution in [0.5, 0.6) is 0 Å². The summed E-state index contributed by atoms with van der Waals surface area (Å²) in [5.41, 5.74) is 1.18. The van der Waals surface area contributed by atoms with Gasteiger partial charge in [-0.05, 0) is 18.6 Å². The van der Waals surface area contributed by atoms with Crippen molar-refractivity contribution in [3.63, 3.8) is 0 Å². The predicted octanol–water partition coefficient (Wildman–Crippen LogP) is 2.78. The standard InChI is InChI=1S/C13H14O/c1-2-3-4-8-11-14-12-13-9-6-5-7-10-13/h2-3,5-7,9-10H,11-12H2,1H3/b3-2-. The Balaban J connectivity index is 2.20. The molecule has 14 heavy (non-hydrogen) atoms. The fourth-order valence-electron chi connectivity index (χ4n) is 0.978. The monoisotopic (exact) mass is 186 g/mol. The molecule has 1 rings (SSSR count). The Labute approximate surface area is 85.4 Å². The number of benzene rings is 1. The Bertz CT molecular complexity index is 327. The summed E-state index contributed by atoms with van der Waals surface area (Å²) in [6.45, 7) is 3.06. The Morgan fingerprint density at radius 3 is 2.79 bits per heavy atom. The zero-order valence-electron chi connectivity index (χ0n) is 8.36. The third-order valence-electron chi connectivity index (χ3n) is 1.64. The molecule has 0 aliphatic heterocycles. The molecule has 1 heteroatoms. The first-order valence-corrected chi connectivity index (χ1v) is 4.64. The molecule has 0 saturated heterocycles. The van der Waals surface area contributed by atoms with Crippen LogP contribution in [-0.4, -0.2) is 6.61 Å². The fraction of sp³-hybridized carbons (Fsp3) is 0.231. The maximum Gasteiger partial charge on any atom is 0.108 e. The summed E-state index contributed by atoms with van der Waals surface area (Å²) in [6.07, 6.45) is 3.72. The minimum absolute atomic E-state index is 0.485. The first-order chi connectivity index (χ1) is 6.93.